The molecule has 4 bridgehead atoms. The number of carbonyl (C=O) groups is 2. The molecule has 0 unspecified atom stereocenters. The number of anilines is 1. The standard InChI is InChI=1S/C25H27NO2/c27-23(16-25-13-17-10-18(14-25)12-19(11-17)15-25)26-22-8-6-21(7-9-22)24(28)20-4-2-1-3-5-20/h1-9,17-19H,10-16H2,(H,26,27). The monoisotopic (exact) mass is 373 g/mol. The van der Waals surface area contributed by atoms with Crippen LogP contribution in [0.2, 0.25) is 0 Å². The summed E-state index contributed by atoms with van der Waals surface area (Å²) in [6.07, 6.45) is 8.60. The molecule has 4 aliphatic carbocycles. The summed E-state index contributed by atoms with van der Waals surface area (Å²) in [7, 11) is 0. The van der Waals surface area contributed by atoms with E-state index in [1.165, 1.54) is 38.5 Å². The summed E-state index contributed by atoms with van der Waals surface area (Å²) in [4.78, 5) is 25.3. The lowest BCUT2D eigenvalue weighted by molar-refractivity contribution is -0.124. The normalized spacial score (nSPS) is 30.2. The molecule has 4 aliphatic rings. The molecular formula is C25H27NO2. The number of hydrogen-bond acceptors (Lipinski definition) is 2. The van der Waals surface area contributed by atoms with E-state index in [4.69, 9.17) is 0 Å². The molecule has 1 N–H and O–H groups in total. The van der Waals surface area contributed by atoms with E-state index in [-0.39, 0.29) is 17.1 Å². The molecule has 0 aliphatic heterocycles. The van der Waals surface area contributed by atoms with Crippen LogP contribution in [0.25, 0.3) is 0 Å². The first-order chi connectivity index (χ1) is 13.6. The molecule has 3 heteroatoms. The van der Waals surface area contributed by atoms with Crippen molar-refractivity contribution < 1.29 is 9.59 Å². The Hall–Kier alpha value is -2.42. The summed E-state index contributed by atoms with van der Waals surface area (Å²) in [6.45, 7) is 0. The minimum absolute atomic E-state index is 0.00652. The van der Waals surface area contributed by atoms with Gasteiger partial charge in [-0.15, -0.1) is 0 Å². The predicted octanol–water partition coefficient (Wildman–Crippen LogP) is 5.46. The van der Waals surface area contributed by atoms with Crippen LogP contribution >= 0.6 is 0 Å². The van der Waals surface area contributed by atoms with Gasteiger partial charge in [0.15, 0.2) is 5.78 Å². The molecule has 2 aromatic rings. The molecule has 6 rings (SSSR count). The minimum atomic E-state index is 0.00652. The van der Waals surface area contributed by atoms with E-state index < -0.39 is 0 Å². The lowest BCUT2D eigenvalue weighted by Crippen LogP contribution is -2.47. The Balaban J connectivity index is 1.23. The van der Waals surface area contributed by atoms with Crippen molar-refractivity contribution in [3.8, 4) is 0 Å². The maximum atomic E-state index is 12.8. The third kappa shape index (κ3) is 3.39. The van der Waals surface area contributed by atoms with Crippen LogP contribution in [-0.4, -0.2) is 11.7 Å². The minimum Gasteiger partial charge on any atom is -0.326 e. The second-order valence-corrected chi connectivity index (χ2v) is 9.42. The van der Waals surface area contributed by atoms with Crippen molar-refractivity contribution >= 4 is 17.4 Å². The van der Waals surface area contributed by atoms with Gasteiger partial charge in [-0.25, -0.2) is 0 Å². The molecule has 1 amide bonds. The average Bonchev–Trinajstić information content (AvgIpc) is 2.67. The van der Waals surface area contributed by atoms with Gasteiger partial charge >= 0.3 is 0 Å². The predicted molar refractivity (Wildman–Crippen MR) is 110 cm³/mol. The van der Waals surface area contributed by atoms with Crippen molar-refractivity contribution in [2.75, 3.05) is 5.32 Å². The first-order valence-corrected chi connectivity index (χ1v) is 10.6. The van der Waals surface area contributed by atoms with Gasteiger partial charge in [0.2, 0.25) is 5.91 Å². The molecule has 0 spiro atoms. The highest BCUT2D eigenvalue weighted by Crippen LogP contribution is 2.61. The molecule has 4 fully saturated rings. The van der Waals surface area contributed by atoms with Gasteiger partial charge in [0.25, 0.3) is 0 Å². The Labute approximate surface area is 166 Å². The first kappa shape index (κ1) is 17.7. The second kappa shape index (κ2) is 6.88. The van der Waals surface area contributed by atoms with Gasteiger partial charge in [0.1, 0.15) is 0 Å². The highest BCUT2D eigenvalue weighted by Gasteiger charge is 2.51. The number of rotatable bonds is 5. The van der Waals surface area contributed by atoms with Gasteiger partial charge in [-0.3, -0.25) is 9.59 Å². The smallest absolute Gasteiger partial charge is 0.224 e. The van der Waals surface area contributed by atoms with Crippen LogP contribution in [0.3, 0.4) is 0 Å². The van der Waals surface area contributed by atoms with Crippen LogP contribution in [-0.2, 0) is 4.79 Å². The number of ketones is 1. The average molecular weight is 373 g/mol. The lowest BCUT2D eigenvalue weighted by Gasteiger charge is -2.56. The SMILES string of the molecule is O=C(CC12CC3CC(CC(C3)C1)C2)Nc1ccc(C(=O)c2ccccc2)cc1. The fraction of sp³-hybridized carbons (Fsp3) is 0.440. The zero-order valence-electron chi connectivity index (χ0n) is 16.2. The Morgan fingerprint density at radius 2 is 1.32 bits per heavy atom. The fourth-order valence-electron chi connectivity index (χ4n) is 6.51. The van der Waals surface area contributed by atoms with Crippen molar-refractivity contribution in [3.63, 3.8) is 0 Å². The highest BCUT2D eigenvalue weighted by molar-refractivity contribution is 6.09. The lowest BCUT2D eigenvalue weighted by atomic mass is 9.49. The largest absolute Gasteiger partial charge is 0.326 e. The van der Waals surface area contributed by atoms with Crippen molar-refractivity contribution in [2.24, 2.45) is 23.2 Å². The van der Waals surface area contributed by atoms with Crippen LogP contribution < -0.4 is 5.32 Å². The fourth-order valence-corrected chi connectivity index (χ4v) is 6.51. The first-order valence-electron chi connectivity index (χ1n) is 10.6. The number of benzene rings is 2. The maximum absolute atomic E-state index is 12.8. The Bertz CT molecular complexity index is 849. The van der Waals surface area contributed by atoms with E-state index in [0.29, 0.717) is 17.5 Å². The summed E-state index contributed by atoms with van der Waals surface area (Å²) in [5, 5.41) is 3.07. The van der Waals surface area contributed by atoms with Crippen LogP contribution in [0.1, 0.15) is 60.9 Å². The molecule has 0 atom stereocenters. The van der Waals surface area contributed by atoms with Gasteiger partial charge in [-0.1, -0.05) is 30.3 Å². The zero-order valence-corrected chi connectivity index (χ0v) is 16.2. The maximum Gasteiger partial charge on any atom is 0.224 e. The topological polar surface area (TPSA) is 46.2 Å². The second-order valence-electron chi connectivity index (χ2n) is 9.42. The van der Waals surface area contributed by atoms with Gasteiger partial charge < -0.3 is 5.32 Å². The molecule has 2 aromatic carbocycles. The molecule has 0 aromatic heterocycles. The number of hydrogen-bond donors (Lipinski definition) is 1. The van der Waals surface area contributed by atoms with Gasteiger partial charge in [0, 0.05) is 23.2 Å². The third-order valence-corrected chi connectivity index (χ3v) is 7.17. The summed E-state index contributed by atoms with van der Waals surface area (Å²) in [5.74, 6) is 2.73. The van der Waals surface area contributed by atoms with Gasteiger partial charge in [-0.05, 0) is 86.0 Å². The van der Waals surface area contributed by atoms with Crippen LogP contribution in [0, 0.1) is 23.2 Å². The van der Waals surface area contributed by atoms with Crippen molar-refractivity contribution in [2.45, 2.75) is 44.9 Å². The Kier molecular flexibility index (Phi) is 4.34. The number of amides is 1. The molecule has 0 saturated heterocycles. The van der Waals surface area contributed by atoms with E-state index in [2.05, 4.69) is 5.32 Å². The zero-order chi connectivity index (χ0) is 19.1. The summed E-state index contributed by atoms with van der Waals surface area (Å²) in [6, 6.07) is 16.6. The number of carbonyl (C=O) groups excluding carboxylic acids is 2. The van der Waals surface area contributed by atoms with E-state index in [1.807, 2.05) is 42.5 Å². The van der Waals surface area contributed by atoms with Crippen LogP contribution in [0.4, 0.5) is 5.69 Å². The van der Waals surface area contributed by atoms with Crippen molar-refractivity contribution in [3.05, 3.63) is 65.7 Å². The third-order valence-electron chi connectivity index (χ3n) is 7.17. The van der Waals surface area contributed by atoms with Gasteiger partial charge in [0.05, 0.1) is 0 Å². The molecule has 4 saturated carbocycles. The highest BCUT2D eigenvalue weighted by atomic mass is 16.1. The summed E-state index contributed by atoms with van der Waals surface area (Å²) < 4.78 is 0. The van der Waals surface area contributed by atoms with Gasteiger partial charge in [-0.2, -0.15) is 0 Å². The van der Waals surface area contributed by atoms with E-state index in [0.717, 1.165) is 23.4 Å². The molecular weight excluding hydrogens is 346 g/mol. The molecule has 0 radical (unpaired) electrons. The van der Waals surface area contributed by atoms with Crippen molar-refractivity contribution in [1.82, 2.24) is 0 Å². The van der Waals surface area contributed by atoms with Crippen LogP contribution in [0.15, 0.2) is 54.6 Å². The molecule has 3 nitrogen and oxygen atoms in total. The molecule has 144 valence electrons. The number of nitrogens with one attached hydrogen (secondary N) is 1. The Morgan fingerprint density at radius 3 is 1.89 bits per heavy atom. The quantitative estimate of drug-likeness (QED) is 0.707. The molecule has 28 heavy (non-hydrogen) atoms. The van der Waals surface area contributed by atoms with E-state index >= 15 is 0 Å². The Morgan fingerprint density at radius 1 is 0.786 bits per heavy atom. The summed E-state index contributed by atoms with van der Waals surface area (Å²) in [5.41, 5.74) is 2.35. The van der Waals surface area contributed by atoms with E-state index in [1.54, 1.807) is 12.1 Å². The molecule has 0 heterocycles. The van der Waals surface area contributed by atoms with Crippen molar-refractivity contribution in [1.29, 1.82) is 0 Å². The van der Waals surface area contributed by atoms with Crippen LogP contribution in [0.5, 0.6) is 0 Å². The van der Waals surface area contributed by atoms with E-state index in [9.17, 15) is 9.59 Å². The summed E-state index contributed by atoms with van der Waals surface area (Å²) >= 11 is 0.